The van der Waals surface area contributed by atoms with E-state index in [0.29, 0.717) is 23.1 Å². The number of halogens is 2. The van der Waals surface area contributed by atoms with E-state index in [2.05, 4.69) is 21.2 Å². The minimum absolute atomic E-state index is 0.00790. The molecule has 10 heteroatoms. The molecule has 1 saturated heterocycles. The van der Waals surface area contributed by atoms with Crippen molar-refractivity contribution >= 4 is 51.7 Å². The standard InChI is InChI=1S/C19H17ClFN5O2S/c20-14-8-11(21)6-7-15(14)23-16(27)10-29-19-24-17-13(9-22-25-17)18(28)26(19)12-4-2-1-3-5-12/h1-8,13,17,22,25H,9-10H2,(H,23,27). The van der Waals surface area contributed by atoms with Crippen molar-refractivity contribution < 1.29 is 14.0 Å². The predicted octanol–water partition coefficient (Wildman–Crippen LogP) is 2.60. The molecular formula is C19H17ClFN5O2S. The molecule has 2 atom stereocenters. The van der Waals surface area contributed by atoms with Crippen molar-refractivity contribution in [3.05, 3.63) is 59.4 Å². The number of hydrazine groups is 1. The van der Waals surface area contributed by atoms with Crippen LogP contribution in [0.4, 0.5) is 15.8 Å². The average molecular weight is 434 g/mol. The highest BCUT2D eigenvalue weighted by Gasteiger charge is 2.42. The molecule has 29 heavy (non-hydrogen) atoms. The molecule has 150 valence electrons. The van der Waals surface area contributed by atoms with Crippen molar-refractivity contribution in [1.82, 2.24) is 10.9 Å². The molecule has 2 amide bonds. The van der Waals surface area contributed by atoms with Gasteiger partial charge in [0.05, 0.1) is 28.1 Å². The first-order chi connectivity index (χ1) is 14.0. The Hall–Kier alpha value is -2.46. The van der Waals surface area contributed by atoms with Gasteiger partial charge in [-0.1, -0.05) is 41.6 Å². The Morgan fingerprint density at radius 2 is 2.10 bits per heavy atom. The summed E-state index contributed by atoms with van der Waals surface area (Å²) >= 11 is 7.10. The van der Waals surface area contributed by atoms with E-state index in [0.717, 1.165) is 17.8 Å². The van der Waals surface area contributed by atoms with E-state index < -0.39 is 5.82 Å². The lowest BCUT2D eigenvalue weighted by Crippen LogP contribution is -2.49. The Kier molecular flexibility index (Phi) is 5.81. The summed E-state index contributed by atoms with van der Waals surface area (Å²) in [5.41, 5.74) is 6.95. The molecule has 0 spiro atoms. The number of benzene rings is 2. The molecule has 7 nitrogen and oxygen atoms in total. The molecule has 2 heterocycles. The van der Waals surface area contributed by atoms with Crippen molar-refractivity contribution in [2.24, 2.45) is 10.9 Å². The number of carbonyl (C=O) groups excluding carboxylic acids is 2. The molecule has 3 N–H and O–H groups in total. The van der Waals surface area contributed by atoms with Crippen LogP contribution in [0.5, 0.6) is 0 Å². The van der Waals surface area contributed by atoms with Gasteiger partial charge in [-0.15, -0.1) is 0 Å². The second kappa shape index (κ2) is 8.50. The summed E-state index contributed by atoms with van der Waals surface area (Å²) < 4.78 is 13.2. The fourth-order valence-electron chi connectivity index (χ4n) is 3.09. The van der Waals surface area contributed by atoms with Crippen LogP contribution in [-0.2, 0) is 9.59 Å². The molecule has 0 aromatic heterocycles. The summed E-state index contributed by atoms with van der Waals surface area (Å²) in [7, 11) is 0. The molecule has 2 aliphatic rings. The first kappa shape index (κ1) is 19.8. The van der Waals surface area contributed by atoms with E-state index in [1.54, 1.807) is 4.90 Å². The molecule has 0 saturated carbocycles. The third-order valence-electron chi connectivity index (χ3n) is 4.48. The van der Waals surface area contributed by atoms with E-state index in [1.807, 2.05) is 30.3 Å². The van der Waals surface area contributed by atoms with Crippen LogP contribution in [0.25, 0.3) is 0 Å². The Balaban J connectivity index is 1.50. The van der Waals surface area contributed by atoms with Gasteiger partial charge < -0.3 is 5.32 Å². The number of rotatable bonds is 4. The molecule has 2 aromatic carbocycles. The monoisotopic (exact) mass is 433 g/mol. The SMILES string of the molecule is O=C(CSC1=NC2NNCC2C(=O)N1c1ccccc1)Nc1ccc(F)cc1Cl. The quantitative estimate of drug-likeness (QED) is 0.690. The summed E-state index contributed by atoms with van der Waals surface area (Å²) in [4.78, 5) is 31.6. The number of hydrogen-bond acceptors (Lipinski definition) is 6. The summed E-state index contributed by atoms with van der Waals surface area (Å²) in [6.45, 7) is 0.484. The lowest BCUT2D eigenvalue weighted by molar-refractivity contribution is -0.121. The van der Waals surface area contributed by atoms with Crippen LogP contribution in [0.3, 0.4) is 0 Å². The first-order valence-electron chi connectivity index (χ1n) is 8.86. The second-order valence-electron chi connectivity index (χ2n) is 6.46. The Labute approximate surface area is 175 Å². The van der Waals surface area contributed by atoms with Gasteiger partial charge in [0.15, 0.2) is 5.17 Å². The van der Waals surface area contributed by atoms with E-state index in [4.69, 9.17) is 11.6 Å². The zero-order valence-corrected chi connectivity index (χ0v) is 16.6. The Bertz CT molecular complexity index is 974. The van der Waals surface area contributed by atoms with Crippen molar-refractivity contribution in [2.45, 2.75) is 6.17 Å². The summed E-state index contributed by atoms with van der Waals surface area (Å²) in [6.07, 6.45) is -0.375. The number of hydrogen-bond donors (Lipinski definition) is 3. The van der Waals surface area contributed by atoms with Crippen LogP contribution in [0, 0.1) is 11.7 Å². The lowest BCUT2D eigenvalue weighted by Gasteiger charge is -2.32. The van der Waals surface area contributed by atoms with Gasteiger partial charge in [0.1, 0.15) is 12.0 Å². The molecule has 0 aliphatic carbocycles. The van der Waals surface area contributed by atoms with Crippen LogP contribution >= 0.6 is 23.4 Å². The molecule has 2 unspecified atom stereocenters. The number of thioether (sulfide) groups is 1. The van der Waals surface area contributed by atoms with Crippen molar-refractivity contribution in [1.29, 1.82) is 0 Å². The number of fused-ring (bicyclic) bond motifs is 1. The van der Waals surface area contributed by atoms with Gasteiger partial charge in [-0.2, -0.15) is 0 Å². The number of para-hydroxylation sites is 1. The number of nitrogens with one attached hydrogen (secondary N) is 3. The average Bonchev–Trinajstić information content (AvgIpc) is 3.18. The summed E-state index contributed by atoms with van der Waals surface area (Å²) in [5.74, 6) is -1.22. The fourth-order valence-corrected chi connectivity index (χ4v) is 4.15. The van der Waals surface area contributed by atoms with Gasteiger partial charge in [0.2, 0.25) is 11.8 Å². The van der Waals surface area contributed by atoms with E-state index >= 15 is 0 Å². The highest BCUT2D eigenvalue weighted by Crippen LogP contribution is 2.29. The molecule has 1 fully saturated rings. The van der Waals surface area contributed by atoms with Crippen LogP contribution < -0.4 is 21.1 Å². The third-order valence-corrected chi connectivity index (χ3v) is 5.75. The minimum Gasteiger partial charge on any atom is -0.324 e. The number of carbonyl (C=O) groups is 2. The van der Waals surface area contributed by atoms with Crippen LogP contribution in [0.1, 0.15) is 0 Å². The smallest absolute Gasteiger partial charge is 0.241 e. The van der Waals surface area contributed by atoms with E-state index in [-0.39, 0.29) is 34.7 Å². The number of nitrogens with zero attached hydrogens (tertiary/aromatic N) is 2. The van der Waals surface area contributed by atoms with Crippen molar-refractivity contribution in [3.8, 4) is 0 Å². The molecular weight excluding hydrogens is 417 g/mol. The lowest BCUT2D eigenvalue weighted by atomic mass is 10.1. The van der Waals surface area contributed by atoms with Crippen LogP contribution in [0.2, 0.25) is 5.02 Å². The maximum atomic E-state index is 13.2. The van der Waals surface area contributed by atoms with E-state index in [1.165, 1.54) is 12.1 Å². The van der Waals surface area contributed by atoms with Gasteiger partial charge in [-0.3, -0.25) is 19.9 Å². The maximum Gasteiger partial charge on any atom is 0.241 e. The van der Waals surface area contributed by atoms with Crippen LogP contribution in [0.15, 0.2) is 53.5 Å². The van der Waals surface area contributed by atoms with Crippen molar-refractivity contribution in [2.75, 3.05) is 22.5 Å². The highest BCUT2D eigenvalue weighted by molar-refractivity contribution is 8.14. The highest BCUT2D eigenvalue weighted by atomic mass is 35.5. The van der Waals surface area contributed by atoms with Gasteiger partial charge in [0, 0.05) is 6.54 Å². The molecule has 0 radical (unpaired) electrons. The van der Waals surface area contributed by atoms with Gasteiger partial charge >= 0.3 is 0 Å². The third kappa shape index (κ3) is 4.27. The molecule has 2 aromatic rings. The topological polar surface area (TPSA) is 85.8 Å². The maximum absolute atomic E-state index is 13.2. The van der Waals surface area contributed by atoms with Gasteiger partial charge in [0.25, 0.3) is 0 Å². The first-order valence-corrected chi connectivity index (χ1v) is 10.2. The van der Waals surface area contributed by atoms with Crippen LogP contribution in [-0.4, -0.2) is 35.4 Å². The van der Waals surface area contributed by atoms with E-state index in [9.17, 15) is 14.0 Å². The second-order valence-corrected chi connectivity index (χ2v) is 7.81. The zero-order valence-electron chi connectivity index (χ0n) is 15.1. The number of amides is 2. The largest absolute Gasteiger partial charge is 0.324 e. The number of anilines is 2. The molecule has 4 rings (SSSR count). The Morgan fingerprint density at radius 1 is 1.31 bits per heavy atom. The Morgan fingerprint density at radius 3 is 2.86 bits per heavy atom. The predicted molar refractivity (Wildman–Crippen MR) is 112 cm³/mol. The summed E-state index contributed by atoms with van der Waals surface area (Å²) in [5, 5.41) is 3.19. The zero-order chi connectivity index (χ0) is 20.4. The summed E-state index contributed by atoms with van der Waals surface area (Å²) in [6, 6.07) is 12.9. The normalized spacial score (nSPS) is 21.0. The molecule has 0 bridgehead atoms. The van der Waals surface area contributed by atoms with Crippen molar-refractivity contribution in [3.63, 3.8) is 0 Å². The number of aliphatic imine (C=N–C) groups is 1. The minimum atomic E-state index is -0.483. The fraction of sp³-hybridized carbons (Fsp3) is 0.211. The van der Waals surface area contributed by atoms with Gasteiger partial charge in [-0.25, -0.2) is 14.8 Å². The van der Waals surface area contributed by atoms with Gasteiger partial charge in [-0.05, 0) is 30.3 Å². The number of amidine groups is 1. The molecule has 2 aliphatic heterocycles.